The molecule has 0 aliphatic carbocycles. The lowest BCUT2D eigenvalue weighted by Crippen LogP contribution is -2.27. The van der Waals surface area contributed by atoms with Gasteiger partial charge in [-0.1, -0.05) is 17.3 Å². The van der Waals surface area contributed by atoms with Gasteiger partial charge in [0, 0.05) is 17.2 Å². The summed E-state index contributed by atoms with van der Waals surface area (Å²) in [6.45, 7) is 1.65. The van der Waals surface area contributed by atoms with Gasteiger partial charge in [0.25, 0.3) is 5.91 Å². The van der Waals surface area contributed by atoms with Crippen LogP contribution in [-0.4, -0.2) is 27.2 Å². The van der Waals surface area contributed by atoms with Crippen molar-refractivity contribution in [1.82, 2.24) is 10.2 Å². The number of aryl methyl sites for hydroxylation is 1. The van der Waals surface area contributed by atoms with Crippen molar-refractivity contribution in [3.63, 3.8) is 0 Å². The van der Waals surface area contributed by atoms with Gasteiger partial charge < -0.3 is 10.3 Å². The fraction of sp³-hybridized carbons (Fsp3) is 0.118. The fourth-order valence-electron chi connectivity index (χ4n) is 2.40. The van der Waals surface area contributed by atoms with Gasteiger partial charge in [-0.05, 0) is 42.0 Å². The number of nitrogens with zero attached hydrogens (tertiary/aromatic N) is 2. The Morgan fingerprint density at radius 1 is 1.12 bits per heavy atom. The van der Waals surface area contributed by atoms with Crippen LogP contribution in [-0.2, 0) is 6.54 Å². The van der Waals surface area contributed by atoms with E-state index >= 15 is 0 Å². The highest BCUT2D eigenvalue weighted by Gasteiger charge is 2.16. The zero-order valence-electron chi connectivity index (χ0n) is 12.9. The molecule has 1 aromatic heterocycles. The molecule has 0 aliphatic heterocycles. The summed E-state index contributed by atoms with van der Waals surface area (Å²) in [6.07, 6.45) is 0. The van der Waals surface area contributed by atoms with Crippen molar-refractivity contribution in [1.29, 1.82) is 0 Å². The molecule has 0 unspecified atom stereocenters. The summed E-state index contributed by atoms with van der Waals surface area (Å²) in [4.78, 5) is 23.5. The topological polar surface area (TPSA) is 110 Å². The lowest BCUT2D eigenvalue weighted by Gasteiger charge is -2.13. The normalized spacial score (nSPS) is 10.8. The molecule has 0 saturated carbocycles. The smallest absolute Gasteiger partial charge is 0.277 e. The average Bonchev–Trinajstić information content (AvgIpc) is 2.97. The molecule has 0 saturated heterocycles. The number of hydrogen-bond acceptors (Lipinski definition) is 5. The summed E-state index contributed by atoms with van der Waals surface area (Å²) >= 11 is 0. The van der Waals surface area contributed by atoms with Crippen LogP contribution in [0.15, 0.2) is 47.0 Å². The van der Waals surface area contributed by atoms with Crippen molar-refractivity contribution in [2.45, 2.75) is 13.5 Å². The van der Waals surface area contributed by atoms with E-state index in [2.05, 4.69) is 5.16 Å². The maximum atomic E-state index is 12.3. The van der Waals surface area contributed by atoms with Crippen LogP contribution in [0, 0.1) is 6.92 Å². The van der Waals surface area contributed by atoms with Crippen LogP contribution >= 0.6 is 0 Å². The Bertz CT molecular complexity index is 932. The van der Waals surface area contributed by atoms with Crippen molar-refractivity contribution < 1.29 is 19.3 Å². The van der Waals surface area contributed by atoms with Gasteiger partial charge in [-0.3, -0.25) is 14.8 Å². The molecular formula is C17H15N3O4. The Labute approximate surface area is 137 Å². The minimum atomic E-state index is -0.559. The summed E-state index contributed by atoms with van der Waals surface area (Å²) < 4.78 is 4.90. The largest absolute Gasteiger partial charge is 0.366 e. The third-order valence-corrected chi connectivity index (χ3v) is 3.59. The van der Waals surface area contributed by atoms with Crippen molar-refractivity contribution in [2.24, 2.45) is 5.73 Å². The van der Waals surface area contributed by atoms with E-state index in [1.807, 2.05) is 0 Å². The summed E-state index contributed by atoms with van der Waals surface area (Å²) in [5.74, 6) is -0.472. The first-order valence-corrected chi connectivity index (χ1v) is 7.20. The predicted molar refractivity (Wildman–Crippen MR) is 85.4 cm³/mol. The monoisotopic (exact) mass is 325 g/mol. The van der Waals surface area contributed by atoms with Gasteiger partial charge in [-0.15, -0.1) is 0 Å². The van der Waals surface area contributed by atoms with E-state index in [4.69, 9.17) is 10.3 Å². The number of aromatic nitrogens is 1. The predicted octanol–water partition coefficient (Wildman–Crippen LogP) is 2.27. The van der Waals surface area contributed by atoms with Crippen LogP contribution in [0.1, 0.15) is 32.2 Å². The number of primary amides is 1. The lowest BCUT2D eigenvalue weighted by molar-refractivity contribution is -0.0659. The maximum Gasteiger partial charge on any atom is 0.277 e. The van der Waals surface area contributed by atoms with E-state index in [0.717, 1.165) is 10.8 Å². The lowest BCUT2D eigenvalue weighted by atomic mass is 10.0. The quantitative estimate of drug-likeness (QED) is 0.565. The molecule has 3 aromatic rings. The fourth-order valence-corrected chi connectivity index (χ4v) is 2.40. The van der Waals surface area contributed by atoms with E-state index in [1.165, 1.54) is 0 Å². The molecule has 3 N–H and O–H groups in total. The zero-order chi connectivity index (χ0) is 17.3. The molecule has 0 aliphatic rings. The van der Waals surface area contributed by atoms with Crippen LogP contribution in [0.25, 0.3) is 10.8 Å². The molecule has 0 fully saturated rings. The van der Waals surface area contributed by atoms with Gasteiger partial charge in [0.15, 0.2) is 0 Å². The SMILES string of the molecule is Cc1cc(CN(O)C(=O)c2ccc3cc(C(N)=O)ccc3c2)no1. The number of hydroxylamine groups is 2. The molecular weight excluding hydrogens is 310 g/mol. The molecule has 2 aromatic carbocycles. The Morgan fingerprint density at radius 2 is 1.75 bits per heavy atom. The minimum Gasteiger partial charge on any atom is -0.366 e. The summed E-state index contributed by atoms with van der Waals surface area (Å²) in [5.41, 5.74) is 6.42. The minimum absolute atomic E-state index is 0.0746. The van der Waals surface area contributed by atoms with E-state index in [0.29, 0.717) is 27.6 Å². The molecule has 2 amide bonds. The number of carbonyl (C=O) groups excluding carboxylic acids is 2. The highest BCUT2D eigenvalue weighted by Crippen LogP contribution is 2.19. The molecule has 24 heavy (non-hydrogen) atoms. The zero-order valence-corrected chi connectivity index (χ0v) is 12.9. The van der Waals surface area contributed by atoms with Crippen LogP contribution < -0.4 is 5.73 Å². The second-order valence-electron chi connectivity index (χ2n) is 5.43. The van der Waals surface area contributed by atoms with Crippen molar-refractivity contribution in [2.75, 3.05) is 0 Å². The van der Waals surface area contributed by atoms with E-state index in [1.54, 1.807) is 49.4 Å². The third kappa shape index (κ3) is 3.11. The second-order valence-corrected chi connectivity index (χ2v) is 5.43. The highest BCUT2D eigenvalue weighted by molar-refractivity contribution is 6.01. The number of benzene rings is 2. The first kappa shape index (κ1) is 15.7. The Morgan fingerprint density at radius 3 is 2.33 bits per heavy atom. The molecule has 122 valence electrons. The van der Waals surface area contributed by atoms with Crippen LogP contribution in [0.5, 0.6) is 0 Å². The Hall–Kier alpha value is -3.19. The maximum absolute atomic E-state index is 12.3. The molecule has 0 radical (unpaired) electrons. The van der Waals surface area contributed by atoms with Gasteiger partial charge in [0.2, 0.25) is 5.91 Å². The van der Waals surface area contributed by atoms with Crippen molar-refractivity contribution >= 4 is 22.6 Å². The number of nitrogens with two attached hydrogens (primary N) is 1. The van der Waals surface area contributed by atoms with E-state index in [-0.39, 0.29) is 6.54 Å². The Kier molecular flexibility index (Phi) is 4.01. The average molecular weight is 325 g/mol. The molecule has 7 nitrogen and oxygen atoms in total. The van der Waals surface area contributed by atoms with Crippen molar-refractivity contribution in [3.8, 4) is 0 Å². The number of rotatable bonds is 4. The Balaban J connectivity index is 1.84. The van der Waals surface area contributed by atoms with Gasteiger partial charge in [-0.2, -0.15) is 0 Å². The summed E-state index contributed by atoms with van der Waals surface area (Å²) in [7, 11) is 0. The summed E-state index contributed by atoms with van der Waals surface area (Å²) in [5, 5.41) is 15.8. The number of fused-ring (bicyclic) bond motifs is 1. The van der Waals surface area contributed by atoms with E-state index < -0.39 is 11.8 Å². The van der Waals surface area contributed by atoms with Crippen molar-refractivity contribution in [3.05, 3.63) is 65.0 Å². The first-order valence-electron chi connectivity index (χ1n) is 7.20. The van der Waals surface area contributed by atoms with Gasteiger partial charge in [-0.25, -0.2) is 5.06 Å². The van der Waals surface area contributed by atoms with E-state index in [9.17, 15) is 14.8 Å². The van der Waals surface area contributed by atoms with Gasteiger partial charge >= 0.3 is 0 Å². The molecule has 0 bridgehead atoms. The highest BCUT2D eigenvalue weighted by atomic mass is 16.5. The first-order chi connectivity index (χ1) is 11.4. The third-order valence-electron chi connectivity index (χ3n) is 3.59. The van der Waals surface area contributed by atoms with Gasteiger partial charge in [0.1, 0.15) is 11.5 Å². The molecule has 3 rings (SSSR count). The number of amides is 2. The molecule has 7 heteroatoms. The standard InChI is InChI=1S/C17H15N3O4/c1-10-6-15(19-24-10)9-20(23)17(22)14-5-3-11-7-13(16(18)21)4-2-12(11)8-14/h2-8,23H,9H2,1H3,(H2,18,21). The second kappa shape index (κ2) is 6.13. The number of hydrogen-bond donors (Lipinski definition) is 2. The van der Waals surface area contributed by atoms with Gasteiger partial charge in [0.05, 0.1) is 6.54 Å². The van der Waals surface area contributed by atoms with Crippen LogP contribution in [0.4, 0.5) is 0 Å². The molecule has 0 atom stereocenters. The molecule has 0 spiro atoms. The van der Waals surface area contributed by atoms with Crippen LogP contribution in [0.2, 0.25) is 0 Å². The summed E-state index contributed by atoms with van der Waals surface area (Å²) in [6, 6.07) is 11.5. The van der Waals surface area contributed by atoms with Crippen LogP contribution in [0.3, 0.4) is 0 Å². The molecule has 1 heterocycles. The number of carbonyl (C=O) groups is 2.